The average molecular weight is 447 g/mol. The first-order chi connectivity index (χ1) is 15.2. The number of benzene rings is 2. The fourth-order valence-electron chi connectivity index (χ4n) is 4.16. The van der Waals surface area contributed by atoms with Crippen molar-refractivity contribution in [2.45, 2.75) is 19.1 Å². The van der Waals surface area contributed by atoms with E-state index in [0.29, 0.717) is 5.56 Å². The number of pyridine rings is 1. The molecule has 1 N–H and O–H groups in total. The summed E-state index contributed by atoms with van der Waals surface area (Å²) in [7, 11) is 7.82. The lowest BCUT2D eigenvalue weighted by Gasteiger charge is -2.31. The lowest BCUT2D eigenvalue weighted by atomic mass is 9.87. The number of amides is 1. The Hall–Kier alpha value is -3.23. The highest BCUT2D eigenvalue weighted by molar-refractivity contribution is 6.31. The van der Waals surface area contributed by atoms with Gasteiger partial charge in [-0.15, -0.1) is 0 Å². The van der Waals surface area contributed by atoms with E-state index < -0.39 is 17.3 Å². The second kappa shape index (κ2) is 7.15. The van der Waals surface area contributed by atoms with Crippen LogP contribution in [0.1, 0.15) is 27.2 Å². The molecule has 2 aromatic heterocycles. The van der Waals surface area contributed by atoms with Crippen LogP contribution in [0.5, 0.6) is 0 Å². The molecule has 0 fully saturated rings. The van der Waals surface area contributed by atoms with Gasteiger partial charge in [-0.3, -0.25) is 14.5 Å². The van der Waals surface area contributed by atoms with E-state index in [1.807, 2.05) is 32.3 Å². The maximum Gasteiger partial charge on any atom is 0.258 e. The molecule has 1 aliphatic rings. The molecule has 0 aliphatic carbocycles. The standard InChI is InChI=1S/C23H17BClFN4O2/c1-12-5-6-14(16-10-29(2)28-20(12)16)13-8-18(25)17(19(26)9-13)11-30-22(31)15-4-3-7-27-21(15)23(30,24)32/h3-10,32H,11H2,1-2H3. The number of hydrogen-bond acceptors (Lipinski definition) is 4. The van der Waals surface area contributed by atoms with Crippen LogP contribution in [0.15, 0.2) is 48.8 Å². The fraction of sp³-hybridized carbons (Fsp3) is 0.174. The molecule has 1 aliphatic heterocycles. The molecule has 0 saturated heterocycles. The van der Waals surface area contributed by atoms with Crippen LogP contribution in [-0.2, 0) is 19.2 Å². The molecular weight excluding hydrogens is 430 g/mol. The summed E-state index contributed by atoms with van der Waals surface area (Å²) in [6.45, 7) is 1.65. The van der Waals surface area contributed by atoms with Crippen LogP contribution in [0.25, 0.3) is 22.0 Å². The van der Waals surface area contributed by atoms with Crippen LogP contribution in [-0.4, -0.2) is 38.5 Å². The van der Waals surface area contributed by atoms with Gasteiger partial charge in [0, 0.05) is 35.4 Å². The lowest BCUT2D eigenvalue weighted by molar-refractivity contribution is -0.0227. The van der Waals surface area contributed by atoms with E-state index in [0.717, 1.165) is 26.9 Å². The number of rotatable bonds is 3. The Morgan fingerprint density at radius 3 is 2.75 bits per heavy atom. The Balaban J connectivity index is 1.55. The molecule has 0 bridgehead atoms. The summed E-state index contributed by atoms with van der Waals surface area (Å²) >= 11 is 6.47. The van der Waals surface area contributed by atoms with E-state index >= 15 is 4.39 Å². The van der Waals surface area contributed by atoms with Crippen LogP contribution >= 0.6 is 11.6 Å². The Bertz CT molecular complexity index is 1400. The summed E-state index contributed by atoms with van der Waals surface area (Å²) in [6, 6.07) is 9.90. The number of fused-ring (bicyclic) bond motifs is 2. The third-order valence-electron chi connectivity index (χ3n) is 5.80. The summed E-state index contributed by atoms with van der Waals surface area (Å²) < 4.78 is 17.0. The minimum Gasteiger partial charge on any atom is -0.374 e. The largest absolute Gasteiger partial charge is 0.374 e. The van der Waals surface area contributed by atoms with E-state index in [2.05, 4.69) is 10.1 Å². The van der Waals surface area contributed by atoms with Crippen molar-refractivity contribution < 1.29 is 14.3 Å². The minimum absolute atomic E-state index is 0.0248. The van der Waals surface area contributed by atoms with E-state index in [-0.39, 0.29) is 28.4 Å². The Kier molecular flexibility index (Phi) is 4.62. The number of carbonyl (C=O) groups is 1. The monoisotopic (exact) mass is 446 g/mol. The van der Waals surface area contributed by atoms with Gasteiger partial charge in [0.05, 0.1) is 23.3 Å². The zero-order chi connectivity index (χ0) is 22.8. The summed E-state index contributed by atoms with van der Waals surface area (Å²) in [5.74, 6) is -1.16. The molecule has 4 aromatic rings. The molecule has 3 heterocycles. The van der Waals surface area contributed by atoms with Crippen LogP contribution < -0.4 is 0 Å². The van der Waals surface area contributed by atoms with Crippen molar-refractivity contribution in [2.24, 2.45) is 7.05 Å². The van der Waals surface area contributed by atoms with Gasteiger partial charge in [0.2, 0.25) is 0 Å². The maximum absolute atomic E-state index is 15.3. The first-order valence-electron chi connectivity index (χ1n) is 9.88. The molecule has 0 saturated carbocycles. The van der Waals surface area contributed by atoms with Crippen LogP contribution in [0.2, 0.25) is 5.02 Å². The number of aliphatic hydroxyl groups is 1. The van der Waals surface area contributed by atoms with Crippen molar-refractivity contribution in [3.8, 4) is 11.1 Å². The topological polar surface area (TPSA) is 71.2 Å². The highest BCUT2D eigenvalue weighted by Gasteiger charge is 2.45. The quantitative estimate of drug-likeness (QED) is 0.488. The lowest BCUT2D eigenvalue weighted by Crippen LogP contribution is -2.44. The fourth-order valence-corrected chi connectivity index (χ4v) is 4.43. The Morgan fingerprint density at radius 2 is 2.03 bits per heavy atom. The molecular formula is C23H17BClFN4O2. The van der Waals surface area contributed by atoms with Crippen LogP contribution in [0, 0.1) is 12.7 Å². The van der Waals surface area contributed by atoms with Gasteiger partial charge >= 0.3 is 0 Å². The van der Waals surface area contributed by atoms with E-state index in [1.54, 1.807) is 16.8 Å². The SMILES string of the molecule is [B]C1(O)c2ncccc2C(=O)N1Cc1c(F)cc(-c2ccc(C)c3nn(C)cc23)cc1Cl. The normalized spacial score (nSPS) is 17.9. The summed E-state index contributed by atoms with van der Waals surface area (Å²) in [6.07, 6.45) is 3.30. The van der Waals surface area contributed by atoms with Crippen molar-refractivity contribution in [3.63, 3.8) is 0 Å². The van der Waals surface area contributed by atoms with Gasteiger partial charge in [-0.25, -0.2) is 4.39 Å². The van der Waals surface area contributed by atoms with Crippen molar-refractivity contribution in [3.05, 3.63) is 82.0 Å². The Morgan fingerprint density at radius 1 is 1.25 bits per heavy atom. The van der Waals surface area contributed by atoms with E-state index in [1.165, 1.54) is 18.3 Å². The van der Waals surface area contributed by atoms with Gasteiger partial charge in [-0.1, -0.05) is 23.7 Å². The summed E-state index contributed by atoms with van der Waals surface area (Å²) in [5.41, 5.74) is 1.28. The van der Waals surface area contributed by atoms with Crippen LogP contribution in [0.3, 0.4) is 0 Å². The molecule has 1 amide bonds. The van der Waals surface area contributed by atoms with Gasteiger partial charge in [0.1, 0.15) is 11.4 Å². The molecule has 5 rings (SSSR count). The van der Waals surface area contributed by atoms with Crippen molar-refractivity contribution >= 4 is 36.3 Å². The van der Waals surface area contributed by atoms with E-state index in [9.17, 15) is 9.90 Å². The first-order valence-corrected chi connectivity index (χ1v) is 10.3. The zero-order valence-corrected chi connectivity index (χ0v) is 18.1. The van der Waals surface area contributed by atoms with Gasteiger partial charge in [0.25, 0.3) is 5.91 Å². The molecule has 1 atom stereocenters. The average Bonchev–Trinajstić information content (AvgIpc) is 3.22. The van der Waals surface area contributed by atoms with Crippen molar-refractivity contribution in [1.29, 1.82) is 0 Å². The molecule has 9 heteroatoms. The number of nitrogens with zero attached hydrogens (tertiary/aromatic N) is 4. The van der Waals surface area contributed by atoms with E-state index in [4.69, 9.17) is 19.4 Å². The van der Waals surface area contributed by atoms with Gasteiger partial charge in [-0.05, 0) is 47.9 Å². The number of hydrogen-bond donors (Lipinski definition) is 1. The van der Waals surface area contributed by atoms with Crippen molar-refractivity contribution in [2.75, 3.05) is 0 Å². The molecule has 1 unspecified atom stereocenters. The first kappa shape index (κ1) is 20.7. The van der Waals surface area contributed by atoms with Crippen molar-refractivity contribution in [1.82, 2.24) is 19.7 Å². The smallest absolute Gasteiger partial charge is 0.258 e. The van der Waals surface area contributed by atoms with Gasteiger partial charge in [0.15, 0.2) is 7.85 Å². The molecule has 158 valence electrons. The third kappa shape index (κ3) is 3.02. The molecule has 0 spiro atoms. The predicted octanol–water partition coefficient (Wildman–Crippen LogP) is 3.66. The number of aryl methyl sites for hydroxylation is 2. The second-order valence-electron chi connectivity index (χ2n) is 7.93. The summed E-state index contributed by atoms with van der Waals surface area (Å²) in [4.78, 5) is 17.8. The molecule has 2 aromatic carbocycles. The minimum atomic E-state index is -2.17. The van der Waals surface area contributed by atoms with Gasteiger partial charge in [-0.2, -0.15) is 5.10 Å². The molecule has 32 heavy (non-hydrogen) atoms. The predicted molar refractivity (Wildman–Crippen MR) is 120 cm³/mol. The Labute approximate surface area is 189 Å². The number of carbonyl (C=O) groups excluding carboxylic acids is 1. The highest BCUT2D eigenvalue weighted by atomic mass is 35.5. The number of aromatic nitrogens is 3. The molecule has 2 radical (unpaired) electrons. The third-order valence-corrected chi connectivity index (χ3v) is 6.14. The van der Waals surface area contributed by atoms with Gasteiger partial charge < -0.3 is 10.0 Å². The second-order valence-corrected chi connectivity index (χ2v) is 8.34. The maximum atomic E-state index is 15.3. The number of halogens is 2. The molecule has 6 nitrogen and oxygen atoms in total. The zero-order valence-electron chi connectivity index (χ0n) is 17.3. The highest BCUT2D eigenvalue weighted by Crippen LogP contribution is 2.38. The summed E-state index contributed by atoms with van der Waals surface area (Å²) in [5, 5.41) is 16.2. The van der Waals surface area contributed by atoms with Crippen LogP contribution in [0.4, 0.5) is 4.39 Å².